The summed E-state index contributed by atoms with van der Waals surface area (Å²) in [7, 11) is 2.04. The first kappa shape index (κ1) is 33.6. The minimum absolute atomic E-state index is 0.0177. The van der Waals surface area contributed by atoms with Crippen LogP contribution in [-0.4, -0.2) is 109 Å². The molecule has 3 aliphatic heterocycles. The minimum Gasteiger partial charge on any atom is -0.457 e. The standard InChI is InChI=1S/C32H51N3O7/c1-23(22-40-31(38)34-15-6-7-16-34)9-8-10-25(3)30-26(4)12-14-28(24(2)11-13-27(36)21-29(37)42-30)41-32(39)35-19-17-33(5)18-20-35/h8-10,12,14,23-24,26-28,30,36H,6-7,11,13,15-22H2,1-5H3/b9-8+,14-12+,25-10+/t23-,24+,26+,27-,28+,30-/m1/s1. The van der Waals surface area contributed by atoms with Crippen molar-refractivity contribution in [3.05, 3.63) is 36.0 Å². The highest BCUT2D eigenvalue weighted by atomic mass is 16.6. The summed E-state index contributed by atoms with van der Waals surface area (Å²) in [4.78, 5) is 43.5. The molecular weight excluding hydrogens is 538 g/mol. The smallest absolute Gasteiger partial charge is 0.410 e. The Morgan fingerprint density at radius 2 is 1.71 bits per heavy atom. The van der Waals surface area contributed by atoms with E-state index in [1.807, 2.05) is 65.1 Å². The number of aliphatic hydroxyl groups excluding tert-OH is 1. The van der Waals surface area contributed by atoms with E-state index in [0.717, 1.165) is 44.6 Å². The largest absolute Gasteiger partial charge is 0.457 e. The average molecular weight is 590 g/mol. The van der Waals surface area contributed by atoms with Crippen molar-refractivity contribution in [1.29, 1.82) is 0 Å². The van der Waals surface area contributed by atoms with Gasteiger partial charge in [-0.2, -0.15) is 0 Å². The molecule has 3 aliphatic rings. The zero-order valence-corrected chi connectivity index (χ0v) is 26.1. The summed E-state index contributed by atoms with van der Waals surface area (Å²) in [5.74, 6) is -0.665. The molecule has 2 saturated heterocycles. The SMILES string of the molecule is C/C(=C\C=C\[C@@H](C)COC(=O)N1CCCC1)[C@H]1OC(=O)C[C@H](O)CC[C@H](C)[C@@H](OC(=O)N2CCN(C)CC2)/C=C/[C@@H]1C. The van der Waals surface area contributed by atoms with Gasteiger partial charge in [-0.15, -0.1) is 0 Å². The number of nitrogens with zero attached hydrogens (tertiary/aromatic N) is 3. The Morgan fingerprint density at radius 3 is 2.40 bits per heavy atom. The third-order valence-corrected chi connectivity index (χ3v) is 8.34. The van der Waals surface area contributed by atoms with Gasteiger partial charge in [-0.1, -0.05) is 45.1 Å². The summed E-state index contributed by atoms with van der Waals surface area (Å²) in [6.07, 6.45) is 10.1. The monoisotopic (exact) mass is 589 g/mol. The van der Waals surface area contributed by atoms with Crippen LogP contribution < -0.4 is 0 Å². The lowest BCUT2D eigenvalue weighted by atomic mass is 9.92. The molecule has 0 unspecified atom stereocenters. The zero-order valence-electron chi connectivity index (χ0n) is 26.1. The molecule has 3 heterocycles. The van der Waals surface area contributed by atoms with Gasteiger partial charge in [0.15, 0.2) is 0 Å². The highest BCUT2D eigenvalue weighted by Crippen LogP contribution is 2.25. The van der Waals surface area contributed by atoms with Crippen molar-refractivity contribution in [3.63, 3.8) is 0 Å². The lowest BCUT2D eigenvalue weighted by Crippen LogP contribution is -2.48. The van der Waals surface area contributed by atoms with Crippen molar-refractivity contribution in [2.75, 3.05) is 52.9 Å². The molecule has 1 N–H and O–H groups in total. The fourth-order valence-corrected chi connectivity index (χ4v) is 5.37. The summed E-state index contributed by atoms with van der Waals surface area (Å²) < 4.78 is 17.3. The van der Waals surface area contributed by atoms with Crippen molar-refractivity contribution in [3.8, 4) is 0 Å². The van der Waals surface area contributed by atoms with Crippen LogP contribution >= 0.6 is 0 Å². The predicted molar refractivity (Wildman–Crippen MR) is 161 cm³/mol. The summed E-state index contributed by atoms with van der Waals surface area (Å²) in [6.45, 7) is 12.5. The average Bonchev–Trinajstić information content (AvgIpc) is 3.50. The first-order chi connectivity index (χ1) is 20.0. The minimum atomic E-state index is -0.832. The molecule has 3 rings (SSSR count). The topological polar surface area (TPSA) is 109 Å². The van der Waals surface area contributed by atoms with Gasteiger partial charge in [-0.25, -0.2) is 9.59 Å². The molecule has 0 aliphatic carbocycles. The number of rotatable bonds is 6. The number of hydrogen-bond acceptors (Lipinski definition) is 8. The van der Waals surface area contributed by atoms with Crippen LogP contribution in [-0.2, 0) is 19.0 Å². The van der Waals surface area contributed by atoms with E-state index < -0.39 is 24.3 Å². The summed E-state index contributed by atoms with van der Waals surface area (Å²) in [6, 6.07) is 0. The number of esters is 1. The second-order valence-electron chi connectivity index (χ2n) is 12.2. The Labute approximate surface area is 251 Å². The predicted octanol–water partition coefficient (Wildman–Crippen LogP) is 4.40. The van der Waals surface area contributed by atoms with Crippen molar-refractivity contribution in [1.82, 2.24) is 14.7 Å². The van der Waals surface area contributed by atoms with E-state index in [9.17, 15) is 19.5 Å². The number of cyclic esters (lactones) is 1. The first-order valence-corrected chi connectivity index (χ1v) is 15.5. The Bertz CT molecular complexity index is 983. The lowest BCUT2D eigenvalue weighted by Gasteiger charge is -2.33. The second-order valence-corrected chi connectivity index (χ2v) is 12.2. The highest BCUT2D eigenvalue weighted by molar-refractivity contribution is 5.70. The maximum atomic E-state index is 13.0. The summed E-state index contributed by atoms with van der Waals surface area (Å²) >= 11 is 0. The number of hydrogen-bond donors (Lipinski definition) is 1. The maximum Gasteiger partial charge on any atom is 0.410 e. The Morgan fingerprint density at radius 1 is 1.05 bits per heavy atom. The van der Waals surface area contributed by atoms with Gasteiger partial charge in [-0.05, 0) is 57.2 Å². The molecule has 0 aromatic carbocycles. The Hall–Kier alpha value is -2.85. The molecule has 10 nitrogen and oxygen atoms in total. The van der Waals surface area contributed by atoms with E-state index in [1.165, 1.54) is 0 Å². The van der Waals surface area contributed by atoms with E-state index in [-0.39, 0.29) is 36.4 Å². The van der Waals surface area contributed by atoms with E-state index in [2.05, 4.69) is 4.90 Å². The van der Waals surface area contributed by atoms with E-state index in [0.29, 0.717) is 32.5 Å². The van der Waals surface area contributed by atoms with Crippen molar-refractivity contribution in [2.45, 2.75) is 78.1 Å². The fourth-order valence-electron chi connectivity index (χ4n) is 5.37. The van der Waals surface area contributed by atoms with Gasteiger partial charge in [0.1, 0.15) is 12.2 Å². The van der Waals surface area contributed by atoms with Crippen molar-refractivity contribution in [2.24, 2.45) is 17.8 Å². The van der Waals surface area contributed by atoms with Gasteiger partial charge in [0, 0.05) is 51.1 Å². The Kier molecular flexibility index (Phi) is 13.4. The van der Waals surface area contributed by atoms with Crippen LogP contribution in [0.1, 0.15) is 59.8 Å². The highest BCUT2D eigenvalue weighted by Gasteiger charge is 2.29. The number of amides is 2. The maximum absolute atomic E-state index is 13.0. The number of aliphatic hydroxyl groups is 1. The van der Waals surface area contributed by atoms with Gasteiger partial charge < -0.3 is 34.0 Å². The van der Waals surface area contributed by atoms with Gasteiger partial charge in [0.25, 0.3) is 0 Å². The van der Waals surface area contributed by atoms with Crippen LogP contribution in [0.4, 0.5) is 9.59 Å². The second kappa shape index (κ2) is 16.7. The van der Waals surface area contributed by atoms with Crippen LogP contribution in [0.25, 0.3) is 0 Å². The molecule has 6 atom stereocenters. The molecule has 0 radical (unpaired) electrons. The molecule has 0 spiro atoms. The van der Waals surface area contributed by atoms with Crippen LogP contribution in [0, 0.1) is 17.8 Å². The van der Waals surface area contributed by atoms with Gasteiger partial charge >= 0.3 is 18.2 Å². The third-order valence-electron chi connectivity index (χ3n) is 8.34. The Balaban J connectivity index is 1.67. The number of piperazine rings is 1. The molecular formula is C32H51N3O7. The van der Waals surface area contributed by atoms with Crippen LogP contribution in [0.2, 0.25) is 0 Å². The molecule has 0 aromatic heterocycles. The van der Waals surface area contributed by atoms with E-state index in [1.54, 1.807) is 9.80 Å². The lowest BCUT2D eigenvalue weighted by molar-refractivity contribution is -0.151. The van der Waals surface area contributed by atoms with Crippen LogP contribution in [0.15, 0.2) is 36.0 Å². The fraction of sp³-hybridized carbons (Fsp3) is 0.719. The molecule has 236 valence electrons. The van der Waals surface area contributed by atoms with Crippen molar-refractivity contribution < 1.29 is 33.7 Å². The quantitative estimate of drug-likeness (QED) is 0.210. The molecule has 2 amide bonds. The van der Waals surface area contributed by atoms with Crippen LogP contribution in [0.5, 0.6) is 0 Å². The number of ether oxygens (including phenoxy) is 3. The number of likely N-dealkylation sites (tertiary alicyclic amines) is 1. The van der Waals surface area contributed by atoms with Gasteiger partial charge in [-0.3, -0.25) is 4.79 Å². The summed E-state index contributed by atoms with van der Waals surface area (Å²) in [5, 5.41) is 10.5. The number of carbonyl (C=O) groups excluding carboxylic acids is 3. The van der Waals surface area contributed by atoms with Gasteiger partial charge in [0.2, 0.25) is 0 Å². The molecule has 10 heteroatoms. The van der Waals surface area contributed by atoms with Crippen LogP contribution in [0.3, 0.4) is 0 Å². The third kappa shape index (κ3) is 10.8. The molecule has 0 bridgehead atoms. The van der Waals surface area contributed by atoms with E-state index >= 15 is 0 Å². The van der Waals surface area contributed by atoms with Gasteiger partial charge in [0.05, 0.1) is 19.1 Å². The number of allylic oxidation sites excluding steroid dienone is 2. The molecule has 42 heavy (non-hydrogen) atoms. The zero-order chi connectivity index (χ0) is 30.6. The molecule has 2 fully saturated rings. The van der Waals surface area contributed by atoms with E-state index in [4.69, 9.17) is 14.2 Å². The number of likely N-dealkylation sites (N-methyl/N-ethyl adjacent to an activating group) is 1. The first-order valence-electron chi connectivity index (χ1n) is 15.5. The molecule has 0 aromatic rings. The normalized spacial score (nSPS) is 30.3. The number of carbonyl (C=O) groups is 3. The molecule has 0 saturated carbocycles. The summed E-state index contributed by atoms with van der Waals surface area (Å²) in [5.41, 5.74) is 0.837. The van der Waals surface area contributed by atoms with Crippen molar-refractivity contribution >= 4 is 18.2 Å².